The van der Waals surface area contributed by atoms with E-state index < -0.39 is 6.10 Å². The molecule has 0 aromatic carbocycles. The van der Waals surface area contributed by atoms with Gasteiger partial charge in [0.25, 0.3) is 0 Å². The molecule has 0 amide bonds. The van der Waals surface area contributed by atoms with Crippen LogP contribution in [0.4, 0.5) is 0 Å². The molecule has 0 radical (unpaired) electrons. The Morgan fingerprint density at radius 3 is 1.34 bits per heavy atom. The lowest BCUT2D eigenvalue weighted by Gasteiger charge is -2.15. The van der Waals surface area contributed by atoms with Gasteiger partial charge >= 0.3 is 11.9 Å². The Bertz CT molecular complexity index is 627. The van der Waals surface area contributed by atoms with Gasteiger partial charge in [0.05, 0.1) is 6.61 Å². The third-order valence-electron chi connectivity index (χ3n) is 7.47. The van der Waals surface area contributed by atoms with Crippen LogP contribution in [-0.2, 0) is 19.1 Å². The van der Waals surface area contributed by atoms with Crippen molar-refractivity contribution in [3.63, 3.8) is 0 Å². The lowest BCUT2D eigenvalue weighted by atomic mass is 10.1. The van der Waals surface area contributed by atoms with E-state index in [0.29, 0.717) is 12.8 Å². The fourth-order valence-electron chi connectivity index (χ4n) is 4.78. The second-order valence-corrected chi connectivity index (χ2v) is 11.6. The van der Waals surface area contributed by atoms with E-state index in [1.165, 1.54) is 96.3 Å². The highest BCUT2D eigenvalue weighted by Crippen LogP contribution is 2.12. The maximum Gasteiger partial charge on any atom is 0.306 e. The van der Waals surface area contributed by atoms with E-state index in [9.17, 15) is 14.7 Å². The summed E-state index contributed by atoms with van der Waals surface area (Å²) in [7, 11) is 0. The Labute approximate surface area is 253 Å². The van der Waals surface area contributed by atoms with Crippen LogP contribution in [-0.4, -0.2) is 36.4 Å². The van der Waals surface area contributed by atoms with E-state index in [2.05, 4.69) is 38.2 Å². The summed E-state index contributed by atoms with van der Waals surface area (Å²) in [4.78, 5) is 24.1. The largest absolute Gasteiger partial charge is 0.462 e. The van der Waals surface area contributed by atoms with Crippen LogP contribution in [0.25, 0.3) is 0 Å². The molecule has 1 N–H and O–H groups in total. The van der Waals surface area contributed by atoms with Gasteiger partial charge in [-0.15, -0.1) is 0 Å². The molecule has 1 atom stereocenters. The number of hydrogen-bond acceptors (Lipinski definition) is 5. The summed E-state index contributed by atoms with van der Waals surface area (Å²) in [6, 6.07) is 0. The van der Waals surface area contributed by atoms with Crippen molar-refractivity contribution in [2.45, 2.75) is 180 Å². The van der Waals surface area contributed by atoms with Crippen molar-refractivity contribution in [2.75, 3.05) is 13.2 Å². The average Bonchev–Trinajstić information content (AvgIpc) is 2.97. The average molecular weight is 579 g/mol. The molecule has 0 bridgehead atoms. The van der Waals surface area contributed by atoms with E-state index >= 15 is 0 Å². The lowest BCUT2D eigenvalue weighted by Crippen LogP contribution is -2.28. The standard InChI is InChI=1S/C36H66O5/c1-3-5-7-9-11-13-15-17-19-21-23-25-27-29-31-36(39)41-34(32-37)33-40-35(38)30-28-26-24-22-20-18-16-14-12-10-8-6-4-2/h14-17,34,37H,3-13,18-33H2,1-2H3/b16-14-,17-15-/t34-/m0/s1. The minimum atomic E-state index is -0.774. The van der Waals surface area contributed by atoms with Crippen LogP contribution < -0.4 is 0 Å². The van der Waals surface area contributed by atoms with Gasteiger partial charge in [0.1, 0.15) is 6.61 Å². The molecule has 0 spiro atoms. The third-order valence-corrected chi connectivity index (χ3v) is 7.47. The molecule has 0 unspecified atom stereocenters. The summed E-state index contributed by atoms with van der Waals surface area (Å²) in [5, 5.41) is 9.50. The zero-order valence-electron chi connectivity index (χ0n) is 27.1. The van der Waals surface area contributed by atoms with Crippen LogP contribution >= 0.6 is 0 Å². The Balaban J connectivity index is 3.60. The maximum atomic E-state index is 12.1. The first-order valence-corrected chi connectivity index (χ1v) is 17.4. The first kappa shape index (κ1) is 39.4. The molecule has 0 aliphatic heterocycles. The summed E-state index contributed by atoms with van der Waals surface area (Å²) in [5.74, 6) is -0.611. The number of carbonyl (C=O) groups excluding carboxylic acids is 2. The number of esters is 2. The summed E-state index contributed by atoms with van der Waals surface area (Å²) in [5.41, 5.74) is 0. The van der Waals surface area contributed by atoms with Crippen molar-refractivity contribution < 1.29 is 24.2 Å². The second kappa shape index (κ2) is 32.9. The summed E-state index contributed by atoms with van der Waals surface area (Å²) in [6.07, 6.45) is 36.5. The fourth-order valence-corrected chi connectivity index (χ4v) is 4.78. The van der Waals surface area contributed by atoms with Gasteiger partial charge in [-0.05, 0) is 64.2 Å². The quantitative estimate of drug-likeness (QED) is 0.0503. The zero-order valence-corrected chi connectivity index (χ0v) is 27.1. The van der Waals surface area contributed by atoms with E-state index in [1.807, 2.05) is 0 Å². The monoisotopic (exact) mass is 578 g/mol. The first-order valence-electron chi connectivity index (χ1n) is 17.4. The van der Waals surface area contributed by atoms with Gasteiger partial charge in [-0.2, -0.15) is 0 Å². The van der Waals surface area contributed by atoms with Gasteiger partial charge in [-0.3, -0.25) is 9.59 Å². The molecular weight excluding hydrogens is 512 g/mol. The van der Waals surface area contributed by atoms with Crippen molar-refractivity contribution >= 4 is 11.9 Å². The van der Waals surface area contributed by atoms with Crippen molar-refractivity contribution in [1.29, 1.82) is 0 Å². The van der Waals surface area contributed by atoms with Gasteiger partial charge < -0.3 is 14.6 Å². The summed E-state index contributed by atoms with van der Waals surface area (Å²) >= 11 is 0. The van der Waals surface area contributed by atoms with Crippen molar-refractivity contribution in [3.8, 4) is 0 Å². The van der Waals surface area contributed by atoms with E-state index in [1.54, 1.807) is 0 Å². The number of rotatable bonds is 31. The molecule has 0 aliphatic carbocycles. The maximum absolute atomic E-state index is 12.1. The highest BCUT2D eigenvalue weighted by Gasteiger charge is 2.16. The lowest BCUT2D eigenvalue weighted by molar-refractivity contribution is -0.161. The van der Waals surface area contributed by atoms with Gasteiger partial charge in [0.15, 0.2) is 6.10 Å². The van der Waals surface area contributed by atoms with Gasteiger partial charge in [0.2, 0.25) is 0 Å². The molecule has 41 heavy (non-hydrogen) atoms. The number of aliphatic hydroxyl groups excluding tert-OH is 1. The Morgan fingerprint density at radius 1 is 0.537 bits per heavy atom. The van der Waals surface area contributed by atoms with Crippen LogP contribution in [0, 0.1) is 0 Å². The molecule has 0 saturated heterocycles. The van der Waals surface area contributed by atoms with Crippen LogP contribution in [0.3, 0.4) is 0 Å². The normalized spacial score (nSPS) is 12.4. The molecule has 0 aromatic rings. The Hall–Kier alpha value is -1.62. The fraction of sp³-hybridized carbons (Fsp3) is 0.833. The third kappa shape index (κ3) is 31.2. The number of ether oxygens (including phenoxy) is 2. The smallest absolute Gasteiger partial charge is 0.306 e. The molecule has 0 saturated carbocycles. The van der Waals surface area contributed by atoms with Gasteiger partial charge in [-0.1, -0.05) is 122 Å². The van der Waals surface area contributed by atoms with Gasteiger partial charge in [0, 0.05) is 12.8 Å². The van der Waals surface area contributed by atoms with E-state index in [-0.39, 0.29) is 25.2 Å². The molecule has 240 valence electrons. The SMILES string of the molecule is CCCCCC/C=C\CCCCCCCC(=O)OC[C@H](CO)OC(=O)CCCCCCC/C=C\CCCCCCC. The van der Waals surface area contributed by atoms with Crippen LogP contribution in [0.1, 0.15) is 174 Å². The number of allylic oxidation sites excluding steroid dienone is 4. The number of unbranched alkanes of at least 4 members (excludes halogenated alkanes) is 19. The molecule has 5 nitrogen and oxygen atoms in total. The van der Waals surface area contributed by atoms with Crippen LogP contribution in [0.2, 0.25) is 0 Å². The van der Waals surface area contributed by atoms with Crippen molar-refractivity contribution in [2.24, 2.45) is 0 Å². The van der Waals surface area contributed by atoms with Crippen molar-refractivity contribution in [3.05, 3.63) is 24.3 Å². The highest BCUT2D eigenvalue weighted by molar-refractivity contribution is 5.70. The minimum Gasteiger partial charge on any atom is -0.462 e. The molecular formula is C36H66O5. The molecule has 0 aromatic heterocycles. The van der Waals surface area contributed by atoms with Crippen LogP contribution in [0.15, 0.2) is 24.3 Å². The zero-order chi connectivity index (χ0) is 30.1. The molecule has 0 rings (SSSR count). The summed E-state index contributed by atoms with van der Waals surface area (Å²) in [6.45, 7) is 4.09. The Morgan fingerprint density at radius 2 is 0.902 bits per heavy atom. The predicted molar refractivity (Wildman–Crippen MR) is 173 cm³/mol. The first-order chi connectivity index (χ1) is 20.1. The minimum absolute atomic E-state index is 0.0713. The van der Waals surface area contributed by atoms with Crippen LogP contribution in [0.5, 0.6) is 0 Å². The predicted octanol–water partition coefficient (Wildman–Crippen LogP) is 10.3. The van der Waals surface area contributed by atoms with E-state index in [4.69, 9.17) is 9.47 Å². The number of carbonyl (C=O) groups is 2. The van der Waals surface area contributed by atoms with Crippen molar-refractivity contribution in [1.82, 2.24) is 0 Å². The second-order valence-electron chi connectivity index (χ2n) is 11.6. The number of aliphatic hydroxyl groups is 1. The molecule has 0 heterocycles. The van der Waals surface area contributed by atoms with Gasteiger partial charge in [-0.25, -0.2) is 0 Å². The highest BCUT2D eigenvalue weighted by atomic mass is 16.6. The number of hydrogen-bond donors (Lipinski definition) is 1. The molecule has 0 aliphatic rings. The van der Waals surface area contributed by atoms with E-state index in [0.717, 1.165) is 51.4 Å². The summed E-state index contributed by atoms with van der Waals surface area (Å²) < 4.78 is 10.5. The Kier molecular flexibility index (Phi) is 31.6. The molecule has 0 fully saturated rings. The topological polar surface area (TPSA) is 72.8 Å². The molecule has 5 heteroatoms.